The molecule has 0 saturated carbocycles. The van der Waals surface area contributed by atoms with Gasteiger partial charge in [-0.25, -0.2) is 4.98 Å². The van der Waals surface area contributed by atoms with Crippen LogP contribution >= 0.6 is 11.3 Å². The molecule has 2 aromatic rings. The number of rotatable bonds is 6. The number of nitrogens with zero attached hydrogens (tertiary/aromatic N) is 1. The van der Waals surface area contributed by atoms with Crippen LogP contribution in [-0.4, -0.2) is 28.6 Å². The molecule has 1 amide bonds. The number of ether oxygens (including phenoxy) is 1. The molecule has 0 aliphatic carbocycles. The standard InChI is InChI=1S/C14H16N2O3S/c1-10(17)8-16-14(18)11-3-2-4-12(7-11)19-9-13-15-5-6-20-13/h2-7,10,17H,8-9H2,1H3,(H,16,18). The molecule has 0 bridgehead atoms. The number of aliphatic hydroxyl groups excluding tert-OH is 1. The number of hydrogen-bond acceptors (Lipinski definition) is 5. The number of amides is 1. The summed E-state index contributed by atoms with van der Waals surface area (Å²) >= 11 is 1.52. The van der Waals surface area contributed by atoms with Crippen molar-refractivity contribution in [3.05, 3.63) is 46.4 Å². The Morgan fingerprint density at radius 1 is 1.55 bits per heavy atom. The minimum absolute atomic E-state index is 0.225. The SMILES string of the molecule is CC(O)CNC(=O)c1cccc(OCc2nccs2)c1. The van der Waals surface area contributed by atoms with E-state index in [0.29, 0.717) is 17.9 Å². The Labute approximate surface area is 121 Å². The van der Waals surface area contributed by atoms with Crippen LogP contribution in [0.1, 0.15) is 22.3 Å². The van der Waals surface area contributed by atoms with E-state index < -0.39 is 6.10 Å². The molecule has 1 aromatic carbocycles. The summed E-state index contributed by atoms with van der Waals surface area (Å²) < 4.78 is 5.59. The maximum Gasteiger partial charge on any atom is 0.251 e. The number of aliphatic hydroxyl groups is 1. The second-order valence-electron chi connectivity index (χ2n) is 4.30. The fourth-order valence-corrected chi connectivity index (χ4v) is 2.07. The van der Waals surface area contributed by atoms with Crippen molar-refractivity contribution < 1.29 is 14.6 Å². The Balaban J connectivity index is 1.95. The van der Waals surface area contributed by atoms with Gasteiger partial charge in [0.2, 0.25) is 0 Å². The Kier molecular flexibility index (Phi) is 5.09. The molecule has 1 heterocycles. The van der Waals surface area contributed by atoms with Gasteiger partial charge in [0.05, 0.1) is 6.10 Å². The minimum atomic E-state index is -0.566. The van der Waals surface area contributed by atoms with Crippen molar-refractivity contribution in [2.45, 2.75) is 19.6 Å². The van der Waals surface area contributed by atoms with Crippen molar-refractivity contribution in [1.82, 2.24) is 10.3 Å². The predicted octanol–water partition coefficient (Wildman–Crippen LogP) is 1.83. The number of carbonyl (C=O) groups excluding carboxylic acids is 1. The summed E-state index contributed by atoms with van der Waals surface area (Å²) in [7, 11) is 0. The van der Waals surface area contributed by atoms with E-state index in [1.807, 2.05) is 5.38 Å². The van der Waals surface area contributed by atoms with Crippen LogP contribution in [-0.2, 0) is 6.61 Å². The van der Waals surface area contributed by atoms with Crippen molar-refractivity contribution >= 4 is 17.2 Å². The zero-order chi connectivity index (χ0) is 14.4. The monoisotopic (exact) mass is 292 g/mol. The number of hydrogen-bond donors (Lipinski definition) is 2. The number of benzene rings is 1. The van der Waals surface area contributed by atoms with Gasteiger partial charge in [0, 0.05) is 23.7 Å². The lowest BCUT2D eigenvalue weighted by Gasteiger charge is -2.09. The molecule has 1 unspecified atom stereocenters. The molecular weight excluding hydrogens is 276 g/mol. The molecular formula is C14H16N2O3S. The van der Waals surface area contributed by atoms with E-state index in [0.717, 1.165) is 5.01 Å². The lowest BCUT2D eigenvalue weighted by atomic mass is 10.2. The molecule has 0 saturated heterocycles. The molecule has 1 aromatic heterocycles. The normalized spacial score (nSPS) is 11.9. The average Bonchev–Trinajstić information content (AvgIpc) is 2.96. The molecule has 0 radical (unpaired) electrons. The number of carbonyl (C=O) groups is 1. The maximum atomic E-state index is 11.8. The molecule has 2 N–H and O–H groups in total. The summed E-state index contributed by atoms with van der Waals surface area (Å²) in [5, 5.41) is 14.6. The molecule has 106 valence electrons. The van der Waals surface area contributed by atoms with Crippen LogP contribution in [0.5, 0.6) is 5.75 Å². The first-order chi connectivity index (χ1) is 9.65. The fraction of sp³-hybridized carbons (Fsp3) is 0.286. The van der Waals surface area contributed by atoms with Crippen LogP contribution in [0.4, 0.5) is 0 Å². The van der Waals surface area contributed by atoms with E-state index in [2.05, 4.69) is 10.3 Å². The van der Waals surface area contributed by atoms with Crippen molar-refractivity contribution in [1.29, 1.82) is 0 Å². The molecule has 0 aliphatic rings. The van der Waals surface area contributed by atoms with Crippen molar-refractivity contribution in [2.75, 3.05) is 6.54 Å². The van der Waals surface area contributed by atoms with Gasteiger partial charge in [0.25, 0.3) is 5.91 Å². The molecule has 0 spiro atoms. The molecule has 20 heavy (non-hydrogen) atoms. The quantitative estimate of drug-likeness (QED) is 0.852. The highest BCUT2D eigenvalue weighted by Gasteiger charge is 2.07. The Hall–Kier alpha value is -1.92. The van der Waals surface area contributed by atoms with Gasteiger partial charge in [-0.15, -0.1) is 11.3 Å². The van der Waals surface area contributed by atoms with Crippen LogP contribution in [0.25, 0.3) is 0 Å². The molecule has 1 atom stereocenters. The van der Waals surface area contributed by atoms with Gasteiger partial charge in [0.15, 0.2) is 0 Å². The third-order valence-electron chi connectivity index (χ3n) is 2.50. The van der Waals surface area contributed by atoms with Gasteiger partial charge in [-0.05, 0) is 25.1 Å². The van der Waals surface area contributed by atoms with Gasteiger partial charge in [-0.3, -0.25) is 4.79 Å². The van der Waals surface area contributed by atoms with Crippen molar-refractivity contribution in [2.24, 2.45) is 0 Å². The van der Waals surface area contributed by atoms with Crippen LogP contribution < -0.4 is 10.1 Å². The third-order valence-corrected chi connectivity index (χ3v) is 3.25. The second-order valence-corrected chi connectivity index (χ2v) is 5.28. The van der Waals surface area contributed by atoms with Crippen LogP contribution in [0.3, 0.4) is 0 Å². The van der Waals surface area contributed by atoms with E-state index >= 15 is 0 Å². The molecule has 0 aliphatic heterocycles. The average molecular weight is 292 g/mol. The highest BCUT2D eigenvalue weighted by Crippen LogP contribution is 2.16. The van der Waals surface area contributed by atoms with E-state index in [4.69, 9.17) is 9.84 Å². The van der Waals surface area contributed by atoms with Gasteiger partial charge in [0.1, 0.15) is 17.4 Å². The topological polar surface area (TPSA) is 71.5 Å². The van der Waals surface area contributed by atoms with Crippen LogP contribution in [0.15, 0.2) is 35.8 Å². The molecule has 0 fully saturated rings. The summed E-state index contributed by atoms with van der Waals surface area (Å²) in [5.41, 5.74) is 0.502. The predicted molar refractivity (Wildman–Crippen MR) is 76.9 cm³/mol. The van der Waals surface area contributed by atoms with Gasteiger partial charge >= 0.3 is 0 Å². The highest BCUT2D eigenvalue weighted by atomic mass is 32.1. The number of thiazole rings is 1. The minimum Gasteiger partial charge on any atom is -0.486 e. The smallest absolute Gasteiger partial charge is 0.251 e. The third kappa shape index (κ3) is 4.32. The zero-order valence-electron chi connectivity index (χ0n) is 11.1. The highest BCUT2D eigenvalue weighted by molar-refractivity contribution is 7.09. The largest absolute Gasteiger partial charge is 0.486 e. The van der Waals surface area contributed by atoms with E-state index in [1.54, 1.807) is 37.4 Å². The second kappa shape index (κ2) is 7.02. The van der Waals surface area contributed by atoms with Gasteiger partial charge in [-0.2, -0.15) is 0 Å². The zero-order valence-corrected chi connectivity index (χ0v) is 11.9. The summed E-state index contributed by atoms with van der Waals surface area (Å²) in [6, 6.07) is 6.92. The first-order valence-corrected chi connectivity index (χ1v) is 7.10. The van der Waals surface area contributed by atoms with Gasteiger partial charge in [-0.1, -0.05) is 6.07 Å². The molecule has 5 nitrogen and oxygen atoms in total. The fourth-order valence-electron chi connectivity index (χ4n) is 1.54. The van der Waals surface area contributed by atoms with E-state index in [1.165, 1.54) is 11.3 Å². The Bertz CT molecular complexity index is 555. The lowest BCUT2D eigenvalue weighted by molar-refractivity contribution is 0.0923. The lowest BCUT2D eigenvalue weighted by Crippen LogP contribution is -2.30. The summed E-state index contributed by atoms with van der Waals surface area (Å²) in [5.74, 6) is 0.385. The first kappa shape index (κ1) is 14.5. The van der Waals surface area contributed by atoms with Crippen molar-refractivity contribution in [3.8, 4) is 5.75 Å². The number of aromatic nitrogens is 1. The molecule has 2 rings (SSSR count). The van der Waals surface area contributed by atoms with Crippen LogP contribution in [0, 0.1) is 0 Å². The Morgan fingerprint density at radius 2 is 2.40 bits per heavy atom. The summed E-state index contributed by atoms with van der Waals surface area (Å²) in [4.78, 5) is 16.0. The Morgan fingerprint density at radius 3 is 3.10 bits per heavy atom. The van der Waals surface area contributed by atoms with E-state index in [9.17, 15) is 4.79 Å². The summed E-state index contributed by atoms with van der Waals surface area (Å²) in [6.07, 6.45) is 1.16. The van der Waals surface area contributed by atoms with Gasteiger partial charge < -0.3 is 15.2 Å². The van der Waals surface area contributed by atoms with Crippen LogP contribution in [0.2, 0.25) is 0 Å². The molecule has 6 heteroatoms. The summed E-state index contributed by atoms with van der Waals surface area (Å²) in [6.45, 7) is 2.23. The number of nitrogens with one attached hydrogen (secondary N) is 1. The maximum absolute atomic E-state index is 11.8. The first-order valence-electron chi connectivity index (χ1n) is 6.22. The van der Waals surface area contributed by atoms with E-state index in [-0.39, 0.29) is 12.5 Å². The van der Waals surface area contributed by atoms with Crippen molar-refractivity contribution in [3.63, 3.8) is 0 Å².